The lowest BCUT2D eigenvalue weighted by Crippen LogP contribution is -2.26. The predicted molar refractivity (Wildman–Crippen MR) is 116 cm³/mol. The van der Waals surface area contributed by atoms with E-state index in [2.05, 4.69) is 20.0 Å². The van der Waals surface area contributed by atoms with E-state index in [9.17, 15) is 13.2 Å². The number of benzene rings is 1. The second-order valence-corrected chi connectivity index (χ2v) is 9.80. The zero-order chi connectivity index (χ0) is 21.0. The summed E-state index contributed by atoms with van der Waals surface area (Å²) < 4.78 is 27.0. The number of hydrogen-bond donors (Lipinski definition) is 2. The van der Waals surface area contributed by atoms with Gasteiger partial charge in [0.1, 0.15) is 0 Å². The Balaban J connectivity index is 1.24. The molecule has 1 saturated carbocycles. The van der Waals surface area contributed by atoms with Crippen LogP contribution in [0.15, 0.2) is 59.1 Å². The molecule has 0 aliphatic heterocycles. The molecule has 0 saturated heterocycles. The summed E-state index contributed by atoms with van der Waals surface area (Å²) in [7, 11) is -3.50. The molecular formula is C21H22N4O3S2. The fourth-order valence-corrected chi connectivity index (χ4v) is 5.05. The van der Waals surface area contributed by atoms with Gasteiger partial charge in [-0.2, -0.15) is 0 Å². The molecule has 0 radical (unpaired) electrons. The molecule has 30 heavy (non-hydrogen) atoms. The number of aryl methyl sites for hydroxylation is 1. The van der Waals surface area contributed by atoms with Gasteiger partial charge in [-0.1, -0.05) is 0 Å². The highest BCUT2D eigenvalue weighted by atomic mass is 32.2. The van der Waals surface area contributed by atoms with Gasteiger partial charge in [-0.25, -0.2) is 18.1 Å². The molecule has 2 heterocycles. The van der Waals surface area contributed by atoms with E-state index in [-0.39, 0.29) is 16.8 Å². The summed E-state index contributed by atoms with van der Waals surface area (Å²) >= 11 is 1.60. The number of pyridine rings is 1. The van der Waals surface area contributed by atoms with Crippen LogP contribution in [-0.2, 0) is 16.4 Å². The van der Waals surface area contributed by atoms with Crippen LogP contribution in [0.5, 0.6) is 0 Å². The van der Waals surface area contributed by atoms with E-state index in [4.69, 9.17) is 0 Å². The van der Waals surface area contributed by atoms with E-state index in [0.717, 1.165) is 41.9 Å². The molecule has 0 spiro atoms. The van der Waals surface area contributed by atoms with Crippen LogP contribution in [0.3, 0.4) is 0 Å². The number of thiazole rings is 1. The predicted octanol–water partition coefficient (Wildman–Crippen LogP) is 3.01. The highest BCUT2D eigenvalue weighted by Gasteiger charge is 2.27. The maximum Gasteiger partial charge on any atom is 0.251 e. The van der Waals surface area contributed by atoms with Gasteiger partial charge < -0.3 is 5.32 Å². The topological polar surface area (TPSA) is 101 Å². The SMILES string of the molecule is O=C(NCCCc1nc(-c2ccncc2)cs1)c1ccc(S(=O)(=O)NC2CC2)cc1. The van der Waals surface area contributed by atoms with E-state index in [1.807, 2.05) is 17.5 Å². The quantitative estimate of drug-likeness (QED) is 0.496. The van der Waals surface area contributed by atoms with Crippen molar-refractivity contribution in [3.63, 3.8) is 0 Å². The maximum atomic E-state index is 12.3. The summed E-state index contributed by atoms with van der Waals surface area (Å²) in [5.74, 6) is -0.217. The Labute approximate surface area is 179 Å². The Morgan fingerprint density at radius 3 is 2.53 bits per heavy atom. The zero-order valence-corrected chi connectivity index (χ0v) is 17.9. The van der Waals surface area contributed by atoms with Gasteiger partial charge in [0.05, 0.1) is 15.6 Å². The lowest BCUT2D eigenvalue weighted by Gasteiger charge is -2.07. The Bertz CT molecular complexity index is 1110. The molecule has 0 bridgehead atoms. The van der Waals surface area contributed by atoms with Crippen molar-refractivity contribution in [1.82, 2.24) is 20.0 Å². The summed E-state index contributed by atoms with van der Waals surface area (Å²) in [6, 6.07) is 9.93. The number of carbonyl (C=O) groups excluding carboxylic acids is 1. The van der Waals surface area contributed by atoms with Gasteiger partial charge in [-0.3, -0.25) is 9.78 Å². The van der Waals surface area contributed by atoms with Gasteiger partial charge >= 0.3 is 0 Å². The van der Waals surface area contributed by atoms with Crippen molar-refractivity contribution in [3.05, 3.63) is 64.7 Å². The van der Waals surface area contributed by atoms with Crippen LogP contribution in [0, 0.1) is 0 Å². The first-order valence-corrected chi connectivity index (χ1v) is 12.1. The molecule has 1 amide bonds. The molecule has 0 unspecified atom stereocenters. The number of nitrogens with one attached hydrogen (secondary N) is 2. The van der Waals surface area contributed by atoms with Gasteiger partial charge in [0.15, 0.2) is 0 Å². The van der Waals surface area contributed by atoms with Crippen molar-refractivity contribution in [3.8, 4) is 11.3 Å². The first-order valence-electron chi connectivity index (χ1n) is 9.77. The fraction of sp³-hybridized carbons (Fsp3) is 0.286. The molecule has 1 aliphatic carbocycles. The number of nitrogens with zero attached hydrogens (tertiary/aromatic N) is 2. The van der Waals surface area contributed by atoms with Crippen LogP contribution >= 0.6 is 11.3 Å². The number of amides is 1. The highest BCUT2D eigenvalue weighted by molar-refractivity contribution is 7.89. The number of hydrogen-bond acceptors (Lipinski definition) is 6. The largest absolute Gasteiger partial charge is 0.352 e. The molecule has 1 aliphatic rings. The summed E-state index contributed by atoms with van der Waals surface area (Å²) in [5.41, 5.74) is 2.42. The van der Waals surface area contributed by atoms with Gasteiger partial charge in [0, 0.05) is 47.9 Å². The van der Waals surface area contributed by atoms with Gasteiger partial charge in [-0.15, -0.1) is 11.3 Å². The molecule has 1 aromatic carbocycles. The monoisotopic (exact) mass is 442 g/mol. The molecule has 4 rings (SSSR count). The van der Waals surface area contributed by atoms with Crippen LogP contribution in [-0.4, -0.2) is 36.9 Å². The van der Waals surface area contributed by atoms with Crippen molar-refractivity contribution in [2.75, 3.05) is 6.54 Å². The van der Waals surface area contributed by atoms with Crippen molar-refractivity contribution in [2.24, 2.45) is 0 Å². The van der Waals surface area contributed by atoms with Gasteiger partial charge in [0.2, 0.25) is 10.0 Å². The summed E-state index contributed by atoms with van der Waals surface area (Å²) in [6.07, 6.45) is 6.80. The first kappa shape index (κ1) is 20.6. The number of rotatable bonds is 9. The van der Waals surface area contributed by atoms with Crippen LogP contribution in [0.1, 0.15) is 34.6 Å². The third-order valence-electron chi connectivity index (χ3n) is 4.71. The Morgan fingerprint density at radius 1 is 1.10 bits per heavy atom. The number of carbonyl (C=O) groups is 1. The molecule has 2 N–H and O–H groups in total. The minimum Gasteiger partial charge on any atom is -0.352 e. The molecule has 156 valence electrons. The molecule has 9 heteroatoms. The average Bonchev–Trinajstić information content (AvgIpc) is 3.44. The Hall–Kier alpha value is -2.62. The lowest BCUT2D eigenvalue weighted by molar-refractivity contribution is 0.0953. The van der Waals surface area contributed by atoms with Crippen molar-refractivity contribution < 1.29 is 13.2 Å². The van der Waals surface area contributed by atoms with Gasteiger partial charge in [0.25, 0.3) is 5.91 Å². The summed E-state index contributed by atoms with van der Waals surface area (Å²) in [6.45, 7) is 0.520. The van der Waals surface area contributed by atoms with Crippen LogP contribution < -0.4 is 10.0 Å². The summed E-state index contributed by atoms with van der Waals surface area (Å²) in [5, 5.41) is 5.92. The minimum absolute atomic E-state index is 0.0524. The molecule has 7 nitrogen and oxygen atoms in total. The average molecular weight is 443 g/mol. The minimum atomic E-state index is -3.50. The molecular weight excluding hydrogens is 420 g/mol. The smallest absolute Gasteiger partial charge is 0.251 e. The fourth-order valence-electron chi connectivity index (χ4n) is 2.90. The van der Waals surface area contributed by atoms with E-state index >= 15 is 0 Å². The lowest BCUT2D eigenvalue weighted by atomic mass is 10.2. The first-order chi connectivity index (χ1) is 14.5. The molecule has 0 atom stereocenters. The number of aromatic nitrogens is 2. The molecule has 1 fully saturated rings. The third kappa shape index (κ3) is 5.29. The standard InChI is InChI=1S/C21H22N4O3S2/c26-21(16-3-7-18(8-4-16)30(27,28)25-17-5-6-17)23-11-1-2-20-24-19(14-29-20)15-9-12-22-13-10-15/h3-4,7-10,12-14,17,25H,1-2,5-6,11H2,(H,23,26). The van der Waals surface area contributed by atoms with Gasteiger partial charge in [-0.05, 0) is 55.7 Å². The van der Waals surface area contributed by atoms with Crippen LogP contribution in [0.2, 0.25) is 0 Å². The van der Waals surface area contributed by atoms with Crippen LogP contribution in [0.25, 0.3) is 11.3 Å². The van der Waals surface area contributed by atoms with Crippen molar-refractivity contribution in [2.45, 2.75) is 36.6 Å². The highest BCUT2D eigenvalue weighted by Crippen LogP contribution is 2.23. The van der Waals surface area contributed by atoms with E-state index in [1.165, 1.54) is 12.1 Å². The van der Waals surface area contributed by atoms with E-state index in [1.54, 1.807) is 35.9 Å². The molecule has 3 aromatic rings. The third-order valence-corrected chi connectivity index (χ3v) is 7.15. The molecule has 2 aromatic heterocycles. The Morgan fingerprint density at radius 2 is 1.83 bits per heavy atom. The number of sulfonamides is 1. The summed E-state index contributed by atoms with van der Waals surface area (Å²) in [4.78, 5) is 21.1. The maximum absolute atomic E-state index is 12.3. The normalized spacial score (nSPS) is 13.9. The van der Waals surface area contributed by atoms with E-state index < -0.39 is 10.0 Å². The zero-order valence-electron chi connectivity index (χ0n) is 16.2. The second-order valence-electron chi connectivity index (χ2n) is 7.14. The van der Waals surface area contributed by atoms with Crippen molar-refractivity contribution in [1.29, 1.82) is 0 Å². The second kappa shape index (κ2) is 9.03. The van der Waals surface area contributed by atoms with E-state index in [0.29, 0.717) is 12.1 Å². The Kier molecular flexibility index (Phi) is 6.21. The van der Waals surface area contributed by atoms with Crippen molar-refractivity contribution >= 4 is 27.3 Å². The van der Waals surface area contributed by atoms with Crippen LogP contribution in [0.4, 0.5) is 0 Å².